The van der Waals surface area contributed by atoms with Crippen LogP contribution in [0.1, 0.15) is 38.2 Å². The summed E-state index contributed by atoms with van der Waals surface area (Å²) in [4.78, 5) is 13.8. The minimum atomic E-state index is -3.27. The van der Waals surface area contributed by atoms with Crippen molar-refractivity contribution in [2.24, 2.45) is 5.92 Å². The summed E-state index contributed by atoms with van der Waals surface area (Å²) in [6.45, 7) is 2.70. The molecule has 0 aromatic heterocycles. The highest BCUT2D eigenvalue weighted by molar-refractivity contribution is 7.88. The van der Waals surface area contributed by atoms with Crippen LogP contribution in [0.25, 0.3) is 0 Å². The van der Waals surface area contributed by atoms with Crippen LogP contribution in [0.5, 0.6) is 0 Å². The molecule has 24 heavy (non-hydrogen) atoms. The van der Waals surface area contributed by atoms with Crippen LogP contribution in [0.2, 0.25) is 0 Å². The fourth-order valence-electron chi connectivity index (χ4n) is 3.34. The van der Waals surface area contributed by atoms with Crippen LogP contribution in [0, 0.1) is 11.7 Å². The molecule has 1 atom stereocenters. The first kappa shape index (κ1) is 17.4. The van der Waals surface area contributed by atoms with Crippen LogP contribution in [-0.4, -0.2) is 33.7 Å². The molecule has 2 fully saturated rings. The first-order chi connectivity index (χ1) is 11.2. The molecule has 2 aliphatic rings. The average Bonchev–Trinajstić information content (AvgIpc) is 3.29. The molecule has 1 aromatic rings. The highest BCUT2D eigenvalue weighted by Crippen LogP contribution is 2.48. The second kappa shape index (κ2) is 6.11. The van der Waals surface area contributed by atoms with Crippen molar-refractivity contribution in [1.82, 2.24) is 4.72 Å². The molecule has 1 saturated heterocycles. The lowest BCUT2D eigenvalue weighted by Crippen LogP contribution is -2.40. The summed E-state index contributed by atoms with van der Waals surface area (Å²) in [7, 11) is -3.27. The molecule has 0 spiro atoms. The molecule has 1 amide bonds. The van der Waals surface area contributed by atoms with E-state index >= 15 is 0 Å². The number of carbonyl (C=O) groups is 1. The number of nitrogens with zero attached hydrogens (tertiary/aromatic N) is 1. The fraction of sp³-hybridized carbons (Fsp3) is 0.588. The SMILES string of the molecule is CC1CCCN(c2ccc(C3(CNS(C)(=O)=O)CC3)cc2F)C1=O. The summed E-state index contributed by atoms with van der Waals surface area (Å²) < 4.78 is 39.8. The Balaban J connectivity index is 1.81. The molecule has 3 rings (SSSR count). The summed E-state index contributed by atoms with van der Waals surface area (Å²) in [5.41, 5.74) is 0.793. The van der Waals surface area contributed by atoms with Crippen LogP contribution in [-0.2, 0) is 20.2 Å². The van der Waals surface area contributed by atoms with Gasteiger partial charge >= 0.3 is 0 Å². The second-order valence-electron chi connectivity index (χ2n) is 7.07. The molecule has 1 aliphatic heterocycles. The van der Waals surface area contributed by atoms with Gasteiger partial charge in [-0.1, -0.05) is 13.0 Å². The largest absolute Gasteiger partial charge is 0.309 e. The first-order valence-corrected chi connectivity index (χ1v) is 10.2. The average molecular weight is 354 g/mol. The molecular formula is C17H23FN2O3S. The van der Waals surface area contributed by atoms with Gasteiger partial charge in [0, 0.05) is 24.4 Å². The fourth-order valence-corrected chi connectivity index (χ4v) is 3.88. The summed E-state index contributed by atoms with van der Waals surface area (Å²) >= 11 is 0. The third kappa shape index (κ3) is 3.47. The molecule has 1 heterocycles. The van der Waals surface area contributed by atoms with E-state index in [0.717, 1.165) is 37.5 Å². The highest BCUT2D eigenvalue weighted by Gasteiger charge is 2.45. The zero-order chi connectivity index (χ0) is 17.5. The Kier molecular flexibility index (Phi) is 4.42. The van der Waals surface area contributed by atoms with Crippen LogP contribution in [0.3, 0.4) is 0 Å². The number of piperidine rings is 1. The summed E-state index contributed by atoms with van der Waals surface area (Å²) in [6, 6.07) is 4.93. The van der Waals surface area contributed by atoms with Crippen LogP contribution in [0.4, 0.5) is 10.1 Å². The summed E-state index contributed by atoms with van der Waals surface area (Å²) in [6.07, 6.45) is 4.49. The molecule has 1 saturated carbocycles. The Morgan fingerprint density at radius 2 is 2.08 bits per heavy atom. The molecule has 0 radical (unpaired) electrons. The zero-order valence-electron chi connectivity index (χ0n) is 14.0. The van der Waals surface area contributed by atoms with E-state index in [4.69, 9.17) is 0 Å². The third-order valence-electron chi connectivity index (χ3n) is 5.08. The van der Waals surface area contributed by atoms with Crippen molar-refractivity contribution in [3.05, 3.63) is 29.6 Å². The van der Waals surface area contributed by atoms with Gasteiger partial charge in [0.05, 0.1) is 11.9 Å². The van der Waals surface area contributed by atoms with Crippen molar-refractivity contribution in [2.45, 2.75) is 38.0 Å². The van der Waals surface area contributed by atoms with E-state index in [2.05, 4.69) is 4.72 Å². The normalized spacial score (nSPS) is 23.4. The topological polar surface area (TPSA) is 66.5 Å². The van der Waals surface area contributed by atoms with Crippen molar-refractivity contribution in [1.29, 1.82) is 0 Å². The van der Waals surface area contributed by atoms with E-state index in [1.54, 1.807) is 6.07 Å². The number of amides is 1. The Labute approximate surface area is 142 Å². The molecule has 1 aliphatic carbocycles. The van der Waals surface area contributed by atoms with E-state index < -0.39 is 15.8 Å². The van der Waals surface area contributed by atoms with Gasteiger partial charge in [0.1, 0.15) is 5.82 Å². The molecule has 1 N–H and O–H groups in total. The van der Waals surface area contributed by atoms with Crippen LogP contribution >= 0.6 is 0 Å². The van der Waals surface area contributed by atoms with Crippen LogP contribution < -0.4 is 9.62 Å². The molecule has 0 bridgehead atoms. The van der Waals surface area contributed by atoms with Gasteiger partial charge < -0.3 is 4.90 Å². The third-order valence-corrected chi connectivity index (χ3v) is 5.75. The number of rotatable bonds is 5. The Bertz CT molecular complexity index is 759. The maximum Gasteiger partial charge on any atom is 0.229 e. The van der Waals surface area contributed by atoms with Gasteiger partial charge in [0.15, 0.2) is 0 Å². The summed E-state index contributed by atoms with van der Waals surface area (Å²) in [5, 5.41) is 0. The van der Waals surface area contributed by atoms with Crippen LogP contribution in [0.15, 0.2) is 18.2 Å². The number of nitrogens with one attached hydrogen (secondary N) is 1. The molecular weight excluding hydrogens is 331 g/mol. The Hall–Kier alpha value is -1.47. The van der Waals surface area contributed by atoms with Gasteiger partial charge in [0.2, 0.25) is 15.9 Å². The first-order valence-electron chi connectivity index (χ1n) is 8.28. The lowest BCUT2D eigenvalue weighted by Gasteiger charge is -2.31. The van der Waals surface area contributed by atoms with Crippen molar-refractivity contribution >= 4 is 21.6 Å². The quantitative estimate of drug-likeness (QED) is 0.881. The minimum Gasteiger partial charge on any atom is -0.309 e. The van der Waals surface area contributed by atoms with Gasteiger partial charge in [-0.05, 0) is 43.4 Å². The van der Waals surface area contributed by atoms with Gasteiger partial charge in [-0.15, -0.1) is 0 Å². The zero-order valence-corrected chi connectivity index (χ0v) is 14.8. The van der Waals surface area contributed by atoms with Gasteiger partial charge in [-0.25, -0.2) is 17.5 Å². The second-order valence-corrected chi connectivity index (χ2v) is 8.91. The number of carbonyl (C=O) groups excluding carboxylic acids is 1. The Morgan fingerprint density at radius 3 is 2.67 bits per heavy atom. The minimum absolute atomic E-state index is 0.0345. The van der Waals surface area contributed by atoms with Gasteiger partial charge in [-0.2, -0.15) is 0 Å². The number of halogens is 1. The number of anilines is 1. The number of benzene rings is 1. The van der Waals surface area contributed by atoms with E-state index in [-0.39, 0.29) is 23.8 Å². The predicted molar refractivity (Wildman–Crippen MR) is 90.9 cm³/mol. The van der Waals surface area contributed by atoms with Crippen molar-refractivity contribution < 1.29 is 17.6 Å². The van der Waals surface area contributed by atoms with E-state index in [0.29, 0.717) is 12.2 Å². The standard InChI is InChI=1S/C17H23FN2O3S/c1-12-4-3-9-20(16(12)21)15-6-5-13(10-14(15)18)17(7-8-17)11-19-24(2,22)23/h5-6,10,12,19H,3-4,7-9,11H2,1-2H3. The molecule has 132 valence electrons. The van der Waals surface area contributed by atoms with Gasteiger partial charge in [-0.3, -0.25) is 4.79 Å². The highest BCUT2D eigenvalue weighted by atomic mass is 32.2. The molecule has 7 heteroatoms. The van der Waals surface area contributed by atoms with Gasteiger partial charge in [0.25, 0.3) is 0 Å². The molecule has 1 unspecified atom stereocenters. The Morgan fingerprint density at radius 1 is 1.38 bits per heavy atom. The van der Waals surface area contributed by atoms with E-state index in [1.807, 2.05) is 13.0 Å². The smallest absolute Gasteiger partial charge is 0.229 e. The molecule has 1 aromatic carbocycles. The van der Waals surface area contributed by atoms with Crippen molar-refractivity contribution in [2.75, 3.05) is 24.2 Å². The maximum atomic E-state index is 14.6. The number of sulfonamides is 1. The lowest BCUT2D eigenvalue weighted by molar-refractivity contribution is -0.123. The lowest BCUT2D eigenvalue weighted by atomic mass is 9.94. The summed E-state index contributed by atoms with van der Waals surface area (Å²) in [5.74, 6) is -0.528. The number of hydrogen-bond acceptors (Lipinski definition) is 3. The van der Waals surface area contributed by atoms with E-state index in [9.17, 15) is 17.6 Å². The maximum absolute atomic E-state index is 14.6. The molecule has 5 nitrogen and oxygen atoms in total. The monoisotopic (exact) mass is 354 g/mol. The van der Waals surface area contributed by atoms with Crippen molar-refractivity contribution in [3.8, 4) is 0 Å². The van der Waals surface area contributed by atoms with Crippen molar-refractivity contribution in [3.63, 3.8) is 0 Å². The van der Waals surface area contributed by atoms with E-state index in [1.165, 1.54) is 11.0 Å². The predicted octanol–water partition coefficient (Wildman–Crippen LogP) is 2.17. The number of hydrogen-bond donors (Lipinski definition) is 1.